The van der Waals surface area contributed by atoms with E-state index in [0.717, 1.165) is 19.6 Å². The Morgan fingerprint density at radius 2 is 1.56 bits per heavy atom. The summed E-state index contributed by atoms with van der Waals surface area (Å²) in [5, 5.41) is 3.28. The van der Waals surface area contributed by atoms with Crippen molar-refractivity contribution in [2.45, 2.75) is 46.7 Å². The van der Waals surface area contributed by atoms with Gasteiger partial charge in [0.2, 0.25) is 0 Å². The maximum atomic E-state index is 3.28. The van der Waals surface area contributed by atoms with E-state index in [9.17, 15) is 0 Å². The van der Waals surface area contributed by atoms with Crippen molar-refractivity contribution in [3.8, 4) is 0 Å². The van der Waals surface area contributed by atoms with Gasteiger partial charge < -0.3 is 5.32 Å². The second kappa shape index (κ2) is 14.8. The number of nitrogens with one attached hydrogen (secondary N) is 3. The Balaban J connectivity index is 0. The first-order valence-electron chi connectivity index (χ1n) is 6.52. The molecule has 0 aromatic rings. The second-order valence-electron chi connectivity index (χ2n) is 3.61. The van der Waals surface area contributed by atoms with Gasteiger partial charge in [0.15, 0.2) is 0 Å². The van der Waals surface area contributed by atoms with Gasteiger partial charge in [-0.3, -0.25) is 15.8 Å². The average molecular weight is 232 g/mol. The summed E-state index contributed by atoms with van der Waals surface area (Å²) in [5.41, 5.74) is 5.77. The minimum absolute atomic E-state index is 0.565. The molecule has 0 bridgehead atoms. The summed E-state index contributed by atoms with van der Waals surface area (Å²) < 4.78 is 0. The van der Waals surface area contributed by atoms with E-state index in [1.165, 1.54) is 12.8 Å². The van der Waals surface area contributed by atoms with Crippen LogP contribution in [0.4, 0.5) is 0 Å². The third kappa shape index (κ3) is 10.4. The fourth-order valence-electron chi connectivity index (χ4n) is 1.56. The molecule has 0 saturated heterocycles. The van der Waals surface area contributed by atoms with Gasteiger partial charge in [0.1, 0.15) is 0 Å². The minimum Gasteiger partial charge on any atom is -0.305 e. The lowest BCUT2D eigenvalue weighted by molar-refractivity contribution is 0.186. The van der Waals surface area contributed by atoms with E-state index < -0.39 is 0 Å². The van der Waals surface area contributed by atoms with Crippen LogP contribution in [0.15, 0.2) is 0 Å². The van der Waals surface area contributed by atoms with Crippen LogP contribution in [0.2, 0.25) is 0 Å². The number of nitrogens with zero attached hydrogens (tertiary/aromatic N) is 1. The molecule has 0 spiro atoms. The summed E-state index contributed by atoms with van der Waals surface area (Å²) in [6.07, 6.45) is 2.92. The standard InChI is InChI=1S/C8H20N2.C4H12N2/c1-5-8(9-4)10(6-2)7-3;1-3-4-6-5-2/h8-9H,5-7H2,1-4H3;5-6H,3-4H2,1-2H3. The van der Waals surface area contributed by atoms with Crippen molar-refractivity contribution < 1.29 is 0 Å². The van der Waals surface area contributed by atoms with Crippen LogP contribution >= 0.6 is 0 Å². The van der Waals surface area contributed by atoms with Crippen LogP contribution in [0.5, 0.6) is 0 Å². The van der Waals surface area contributed by atoms with Crippen LogP contribution < -0.4 is 16.2 Å². The third-order valence-corrected chi connectivity index (χ3v) is 2.52. The fraction of sp³-hybridized carbons (Fsp3) is 1.00. The molecule has 100 valence electrons. The molecule has 0 radical (unpaired) electrons. The van der Waals surface area contributed by atoms with E-state index >= 15 is 0 Å². The SMILES string of the molecule is CCC(NC)N(CC)CC.CCCNNC. The molecule has 0 heterocycles. The topological polar surface area (TPSA) is 39.3 Å². The Labute approximate surface area is 102 Å². The van der Waals surface area contributed by atoms with Crippen LogP contribution in [0.1, 0.15) is 40.5 Å². The Bertz CT molecular complexity index is 97.6. The summed E-state index contributed by atoms with van der Waals surface area (Å²) in [4.78, 5) is 2.42. The summed E-state index contributed by atoms with van der Waals surface area (Å²) >= 11 is 0. The van der Waals surface area contributed by atoms with Gasteiger partial charge in [-0.2, -0.15) is 0 Å². The van der Waals surface area contributed by atoms with E-state index in [1.54, 1.807) is 0 Å². The predicted octanol–water partition coefficient (Wildman–Crippen LogP) is 1.40. The molecule has 0 aromatic heterocycles. The molecule has 4 nitrogen and oxygen atoms in total. The van der Waals surface area contributed by atoms with Gasteiger partial charge in [-0.05, 0) is 40.0 Å². The lowest BCUT2D eigenvalue weighted by Gasteiger charge is -2.27. The van der Waals surface area contributed by atoms with Crippen molar-refractivity contribution in [2.75, 3.05) is 33.7 Å². The molecular formula is C12H32N4. The zero-order valence-corrected chi connectivity index (χ0v) is 12.1. The maximum Gasteiger partial charge on any atom is 0.0591 e. The fourth-order valence-corrected chi connectivity index (χ4v) is 1.56. The largest absolute Gasteiger partial charge is 0.305 e. The van der Waals surface area contributed by atoms with Crippen LogP contribution in [0, 0.1) is 0 Å². The molecule has 4 heteroatoms. The first kappa shape index (κ1) is 18.2. The first-order valence-corrected chi connectivity index (χ1v) is 6.52. The molecule has 0 rings (SSSR count). The molecule has 0 fully saturated rings. The van der Waals surface area contributed by atoms with Crippen molar-refractivity contribution in [2.24, 2.45) is 0 Å². The highest BCUT2D eigenvalue weighted by Gasteiger charge is 2.08. The molecule has 0 aromatic carbocycles. The van der Waals surface area contributed by atoms with Crippen molar-refractivity contribution in [3.63, 3.8) is 0 Å². The number of hydrogen-bond donors (Lipinski definition) is 3. The van der Waals surface area contributed by atoms with Crippen LogP contribution in [-0.2, 0) is 0 Å². The van der Waals surface area contributed by atoms with Crippen molar-refractivity contribution >= 4 is 0 Å². The highest BCUT2D eigenvalue weighted by Crippen LogP contribution is 1.98. The maximum absolute atomic E-state index is 3.28. The summed E-state index contributed by atoms with van der Waals surface area (Å²) in [5.74, 6) is 0. The molecule has 1 unspecified atom stereocenters. The molecule has 3 N–H and O–H groups in total. The Kier molecular flexibility index (Phi) is 16.9. The Hall–Kier alpha value is -0.160. The Morgan fingerprint density at radius 1 is 1.00 bits per heavy atom. The quantitative estimate of drug-likeness (QED) is 0.336. The van der Waals surface area contributed by atoms with Gasteiger partial charge in [0.25, 0.3) is 0 Å². The van der Waals surface area contributed by atoms with Gasteiger partial charge in [0, 0.05) is 6.54 Å². The van der Waals surface area contributed by atoms with Crippen LogP contribution in [-0.4, -0.2) is 44.8 Å². The number of hydrazine groups is 1. The van der Waals surface area contributed by atoms with Gasteiger partial charge in [-0.15, -0.1) is 0 Å². The van der Waals surface area contributed by atoms with Crippen molar-refractivity contribution in [1.82, 2.24) is 21.1 Å². The zero-order chi connectivity index (χ0) is 12.8. The third-order valence-electron chi connectivity index (χ3n) is 2.52. The molecule has 0 saturated carbocycles. The lowest BCUT2D eigenvalue weighted by Crippen LogP contribution is -2.43. The van der Waals surface area contributed by atoms with Crippen LogP contribution in [0.3, 0.4) is 0 Å². The van der Waals surface area contributed by atoms with E-state index in [4.69, 9.17) is 0 Å². The molecule has 16 heavy (non-hydrogen) atoms. The monoisotopic (exact) mass is 232 g/mol. The molecule has 0 aliphatic carbocycles. The van der Waals surface area contributed by atoms with E-state index in [2.05, 4.69) is 48.8 Å². The van der Waals surface area contributed by atoms with E-state index in [1.807, 2.05) is 14.1 Å². The molecule has 0 aliphatic heterocycles. The Morgan fingerprint density at radius 3 is 1.69 bits per heavy atom. The van der Waals surface area contributed by atoms with E-state index in [-0.39, 0.29) is 0 Å². The predicted molar refractivity (Wildman–Crippen MR) is 73.4 cm³/mol. The average Bonchev–Trinajstić information content (AvgIpc) is 2.34. The second-order valence-corrected chi connectivity index (χ2v) is 3.61. The molecule has 0 aliphatic rings. The molecular weight excluding hydrogens is 200 g/mol. The van der Waals surface area contributed by atoms with Gasteiger partial charge >= 0.3 is 0 Å². The summed E-state index contributed by atoms with van der Waals surface area (Å²) in [7, 11) is 3.89. The normalized spacial score (nSPS) is 12.2. The summed E-state index contributed by atoms with van der Waals surface area (Å²) in [6.45, 7) is 12.1. The minimum atomic E-state index is 0.565. The molecule has 0 amide bonds. The van der Waals surface area contributed by atoms with Gasteiger partial charge in [-0.1, -0.05) is 27.7 Å². The van der Waals surface area contributed by atoms with Crippen molar-refractivity contribution in [1.29, 1.82) is 0 Å². The van der Waals surface area contributed by atoms with E-state index in [0.29, 0.717) is 6.17 Å². The zero-order valence-electron chi connectivity index (χ0n) is 12.1. The van der Waals surface area contributed by atoms with Crippen molar-refractivity contribution in [3.05, 3.63) is 0 Å². The van der Waals surface area contributed by atoms with Gasteiger partial charge in [-0.25, -0.2) is 0 Å². The highest BCUT2D eigenvalue weighted by molar-refractivity contribution is 4.62. The highest BCUT2D eigenvalue weighted by atomic mass is 15.3. The summed E-state index contributed by atoms with van der Waals surface area (Å²) in [6, 6.07) is 0. The lowest BCUT2D eigenvalue weighted by atomic mass is 10.3. The smallest absolute Gasteiger partial charge is 0.0591 e. The van der Waals surface area contributed by atoms with Crippen LogP contribution in [0.25, 0.3) is 0 Å². The first-order chi connectivity index (χ1) is 7.71. The number of hydrogen-bond acceptors (Lipinski definition) is 4. The molecule has 1 atom stereocenters. The number of rotatable bonds is 8. The van der Waals surface area contributed by atoms with Gasteiger partial charge in [0.05, 0.1) is 6.17 Å².